The van der Waals surface area contributed by atoms with Crippen molar-refractivity contribution in [1.29, 1.82) is 0 Å². The zero-order chi connectivity index (χ0) is 18.6. The highest BCUT2D eigenvalue weighted by Gasteiger charge is 2.30. The second-order valence-corrected chi connectivity index (χ2v) is 5.34. The Hall–Kier alpha value is -1.91. The van der Waals surface area contributed by atoms with Gasteiger partial charge in [0.1, 0.15) is 5.75 Å². The van der Waals surface area contributed by atoms with Crippen molar-refractivity contribution in [3.05, 3.63) is 53.4 Å². The molecule has 0 saturated heterocycles. The largest absolute Gasteiger partial charge is 0.493 e. The Balaban J connectivity index is 0.000000506. The van der Waals surface area contributed by atoms with E-state index in [0.29, 0.717) is 17.9 Å². The van der Waals surface area contributed by atoms with Crippen LogP contribution in [0.2, 0.25) is 0 Å². The van der Waals surface area contributed by atoms with Crippen LogP contribution < -0.4 is 10.1 Å². The SMILES string of the molecule is C/C=C\N/C=C(\C)CC.CCCOc1ccc(C(F)(F)F)cc1C. The van der Waals surface area contributed by atoms with Crippen molar-refractivity contribution in [2.45, 2.75) is 53.6 Å². The van der Waals surface area contributed by atoms with Gasteiger partial charge in [0.2, 0.25) is 0 Å². The second kappa shape index (κ2) is 11.6. The summed E-state index contributed by atoms with van der Waals surface area (Å²) in [4.78, 5) is 0. The Labute approximate surface area is 143 Å². The minimum atomic E-state index is -4.28. The van der Waals surface area contributed by atoms with Crippen molar-refractivity contribution in [2.24, 2.45) is 0 Å². The third-order valence-electron chi connectivity index (χ3n) is 3.11. The van der Waals surface area contributed by atoms with Crippen LogP contribution in [0.25, 0.3) is 0 Å². The fourth-order valence-electron chi connectivity index (χ4n) is 1.59. The number of nitrogens with one attached hydrogen (secondary N) is 1. The molecular weight excluding hydrogens is 315 g/mol. The van der Waals surface area contributed by atoms with E-state index in [1.807, 2.05) is 32.3 Å². The first-order chi connectivity index (χ1) is 11.3. The maximum Gasteiger partial charge on any atom is 0.416 e. The highest BCUT2D eigenvalue weighted by atomic mass is 19.4. The molecule has 0 aliphatic heterocycles. The van der Waals surface area contributed by atoms with E-state index in [9.17, 15) is 13.2 Å². The monoisotopic (exact) mass is 343 g/mol. The van der Waals surface area contributed by atoms with Crippen LogP contribution in [0.1, 0.15) is 51.7 Å². The molecule has 0 saturated carbocycles. The molecule has 1 rings (SSSR count). The van der Waals surface area contributed by atoms with E-state index in [1.165, 1.54) is 11.6 Å². The Kier molecular flexibility index (Phi) is 10.7. The number of alkyl halides is 3. The van der Waals surface area contributed by atoms with Crippen molar-refractivity contribution in [3.63, 3.8) is 0 Å². The fourth-order valence-corrected chi connectivity index (χ4v) is 1.59. The first-order valence-electron chi connectivity index (χ1n) is 8.09. The number of ether oxygens (including phenoxy) is 1. The molecule has 136 valence electrons. The summed E-state index contributed by atoms with van der Waals surface area (Å²) in [6, 6.07) is 3.51. The van der Waals surface area contributed by atoms with Gasteiger partial charge in [-0.3, -0.25) is 0 Å². The maximum atomic E-state index is 12.3. The minimum Gasteiger partial charge on any atom is -0.493 e. The van der Waals surface area contributed by atoms with Crippen molar-refractivity contribution in [2.75, 3.05) is 6.61 Å². The quantitative estimate of drug-likeness (QED) is 0.661. The van der Waals surface area contributed by atoms with Gasteiger partial charge in [-0.2, -0.15) is 13.2 Å². The summed E-state index contributed by atoms with van der Waals surface area (Å²) < 4.78 is 42.2. The van der Waals surface area contributed by atoms with E-state index in [4.69, 9.17) is 4.74 Å². The molecule has 0 heterocycles. The molecule has 0 bridgehead atoms. The second-order valence-electron chi connectivity index (χ2n) is 5.34. The van der Waals surface area contributed by atoms with Gasteiger partial charge in [-0.25, -0.2) is 0 Å². The summed E-state index contributed by atoms with van der Waals surface area (Å²) in [5.41, 5.74) is 1.25. The van der Waals surface area contributed by atoms with E-state index in [2.05, 4.69) is 19.2 Å². The zero-order valence-electron chi connectivity index (χ0n) is 15.1. The van der Waals surface area contributed by atoms with Crippen molar-refractivity contribution >= 4 is 0 Å². The average molecular weight is 343 g/mol. The highest BCUT2D eigenvalue weighted by molar-refractivity contribution is 5.37. The van der Waals surface area contributed by atoms with E-state index in [1.54, 1.807) is 6.92 Å². The number of hydrogen-bond donors (Lipinski definition) is 1. The van der Waals surface area contributed by atoms with Gasteiger partial charge in [0.15, 0.2) is 0 Å². The zero-order valence-corrected chi connectivity index (χ0v) is 15.1. The highest BCUT2D eigenvalue weighted by Crippen LogP contribution is 2.32. The number of halogens is 3. The molecule has 0 aliphatic carbocycles. The predicted molar refractivity (Wildman–Crippen MR) is 94.0 cm³/mol. The molecule has 5 heteroatoms. The van der Waals surface area contributed by atoms with Gasteiger partial charge in [-0.15, -0.1) is 0 Å². The predicted octanol–water partition coefficient (Wildman–Crippen LogP) is 6.23. The van der Waals surface area contributed by atoms with Crippen LogP contribution in [0.15, 0.2) is 42.2 Å². The van der Waals surface area contributed by atoms with Gasteiger partial charge in [-0.05, 0) is 69.8 Å². The molecule has 0 atom stereocenters. The molecule has 2 nitrogen and oxygen atoms in total. The van der Waals surface area contributed by atoms with Crippen LogP contribution in [-0.4, -0.2) is 6.61 Å². The van der Waals surface area contributed by atoms with Gasteiger partial charge in [0.05, 0.1) is 12.2 Å². The van der Waals surface area contributed by atoms with Crippen LogP contribution in [0.4, 0.5) is 13.2 Å². The van der Waals surface area contributed by atoms with Gasteiger partial charge in [0.25, 0.3) is 0 Å². The van der Waals surface area contributed by atoms with Gasteiger partial charge < -0.3 is 10.1 Å². The molecule has 24 heavy (non-hydrogen) atoms. The number of hydrogen-bond acceptors (Lipinski definition) is 2. The van der Waals surface area contributed by atoms with Gasteiger partial charge in [-0.1, -0.05) is 25.5 Å². The molecule has 0 unspecified atom stereocenters. The molecule has 1 aromatic rings. The normalized spacial score (nSPS) is 11.9. The van der Waals surface area contributed by atoms with Crippen LogP contribution in [0.5, 0.6) is 5.75 Å². The van der Waals surface area contributed by atoms with Crippen LogP contribution in [0, 0.1) is 6.92 Å². The topological polar surface area (TPSA) is 21.3 Å². The van der Waals surface area contributed by atoms with Gasteiger partial charge >= 0.3 is 6.18 Å². The van der Waals surface area contributed by atoms with Crippen LogP contribution >= 0.6 is 0 Å². The van der Waals surface area contributed by atoms with Crippen molar-refractivity contribution < 1.29 is 17.9 Å². The lowest BCUT2D eigenvalue weighted by Gasteiger charge is -2.11. The lowest BCUT2D eigenvalue weighted by atomic mass is 10.1. The molecule has 0 radical (unpaired) electrons. The van der Waals surface area contributed by atoms with Crippen LogP contribution in [0.3, 0.4) is 0 Å². The summed E-state index contributed by atoms with van der Waals surface area (Å²) in [7, 11) is 0. The lowest BCUT2D eigenvalue weighted by molar-refractivity contribution is -0.137. The molecule has 1 N–H and O–H groups in total. The molecule has 1 aromatic carbocycles. The maximum absolute atomic E-state index is 12.3. The first-order valence-corrected chi connectivity index (χ1v) is 8.09. The smallest absolute Gasteiger partial charge is 0.416 e. The minimum absolute atomic E-state index is 0.512. The average Bonchev–Trinajstić information content (AvgIpc) is 2.53. The molecule has 0 spiro atoms. The van der Waals surface area contributed by atoms with E-state index >= 15 is 0 Å². The third-order valence-corrected chi connectivity index (χ3v) is 3.11. The lowest BCUT2D eigenvalue weighted by Crippen LogP contribution is -2.06. The number of allylic oxidation sites excluding steroid dienone is 2. The summed E-state index contributed by atoms with van der Waals surface area (Å²) in [6.45, 7) is 10.3. The van der Waals surface area contributed by atoms with Gasteiger partial charge in [0, 0.05) is 0 Å². The standard InChI is InChI=1S/C11H13F3O.C8H15N/c1-3-6-15-10-5-4-9(7-8(10)2)11(12,13)14;1-4-6-9-7-8(3)5-2/h4-5,7H,3,6H2,1-2H3;4,6-7,9H,5H2,1-3H3/b;6-4-,8-7+. The summed E-state index contributed by atoms with van der Waals surface area (Å²) in [6.07, 6.45) is 3.57. The van der Waals surface area contributed by atoms with E-state index < -0.39 is 11.7 Å². The molecule has 0 aromatic heterocycles. The molecule has 0 amide bonds. The van der Waals surface area contributed by atoms with Crippen molar-refractivity contribution in [3.8, 4) is 5.75 Å². The summed E-state index contributed by atoms with van der Waals surface area (Å²) >= 11 is 0. The summed E-state index contributed by atoms with van der Waals surface area (Å²) in [5, 5.41) is 3.04. The number of aryl methyl sites for hydroxylation is 1. The molecular formula is C19H28F3NO. The molecule has 0 aliphatic rings. The fraction of sp³-hybridized carbons (Fsp3) is 0.474. The number of benzene rings is 1. The van der Waals surface area contributed by atoms with Crippen molar-refractivity contribution in [1.82, 2.24) is 5.32 Å². The Morgan fingerprint density at radius 3 is 2.38 bits per heavy atom. The first kappa shape index (κ1) is 22.1. The Bertz CT molecular complexity index is 534. The van der Waals surface area contributed by atoms with Crippen LogP contribution in [-0.2, 0) is 6.18 Å². The molecule has 0 fully saturated rings. The summed E-state index contributed by atoms with van der Waals surface area (Å²) in [5.74, 6) is 0.518. The van der Waals surface area contributed by atoms with E-state index in [0.717, 1.165) is 25.0 Å². The Morgan fingerprint density at radius 1 is 1.25 bits per heavy atom. The van der Waals surface area contributed by atoms with E-state index in [-0.39, 0.29) is 0 Å². The number of rotatable bonds is 6. The Morgan fingerprint density at radius 2 is 1.92 bits per heavy atom. The third kappa shape index (κ3) is 9.28.